The maximum atomic E-state index is 11.9. The van der Waals surface area contributed by atoms with E-state index in [2.05, 4.69) is 0 Å². The zero-order valence-electron chi connectivity index (χ0n) is 10.0. The Morgan fingerprint density at radius 3 is 2.62 bits per heavy atom. The van der Waals surface area contributed by atoms with Crippen molar-refractivity contribution in [1.29, 1.82) is 0 Å². The molecule has 0 radical (unpaired) electrons. The van der Waals surface area contributed by atoms with E-state index in [9.17, 15) is 4.79 Å². The lowest BCUT2D eigenvalue weighted by atomic mass is 10.1. The van der Waals surface area contributed by atoms with Crippen molar-refractivity contribution >= 4 is 17.5 Å². The maximum absolute atomic E-state index is 11.9. The van der Waals surface area contributed by atoms with Gasteiger partial charge in [-0.25, -0.2) is 0 Å². The number of likely N-dealkylation sites (N-methyl/N-ethyl adjacent to an activating group) is 1. The fraction of sp³-hybridized carbons (Fsp3) is 0.462. The summed E-state index contributed by atoms with van der Waals surface area (Å²) in [6.07, 6.45) is 0.451. The fourth-order valence-electron chi connectivity index (χ4n) is 1.59. The first-order chi connectivity index (χ1) is 7.50. The molecule has 88 valence electrons. The van der Waals surface area contributed by atoms with E-state index in [4.69, 9.17) is 11.6 Å². The highest BCUT2D eigenvalue weighted by molar-refractivity contribution is 6.20. The van der Waals surface area contributed by atoms with Gasteiger partial charge in [0.15, 0.2) is 0 Å². The van der Waals surface area contributed by atoms with Gasteiger partial charge in [-0.05, 0) is 25.0 Å². The van der Waals surface area contributed by atoms with Crippen molar-refractivity contribution in [3.05, 3.63) is 35.4 Å². The minimum atomic E-state index is -0.00850. The van der Waals surface area contributed by atoms with E-state index in [1.165, 1.54) is 0 Å². The monoisotopic (exact) mass is 239 g/mol. The van der Waals surface area contributed by atoms with Crippen molar-refractivity contribution < 1.29 is 4.79 Å². The molecule has 0 spiro atoms. The second-order valence-electron chi connectivity index (χ2n) is 4.16. The number of amides is 1. The lowest BCUT2D eigenvalue weighted by Crippen LogP contribution is -2.32. The van der Waals surface area contributed by atoms with Crippen LogP contribution in [0, 0.1) is 6.92 Å². The molecule has 3 heteroatoms. The van der Waals surface area contributed by atoms with Gasteiger partial charge in [-0.1, -0.05) is 24.3 Å². The minimum Gasteiger partial charge on any atom is -0.344 e. The Morgan fingerprint density at radius 2 is 2.06 bits per heavy atom. The number of rotatable bonds is 4. The number of nitrogens with zero attached hydrogens (tertiary/aromatic N) is 1. The van der Waals surface area contributed by atoms with Crippen molar-refractivity contribution in [2.24, 2.45) is 0 Å². The highest BCUT2D eigenvalue weighted by Crippen LogP contribution is 2.09. The van der Waals surface area contributed by atoms with Crippen LogP contribution in [0.4, 0.5) is 0 Å². The first-order valence-corrected chi connectivity index (χ1v) is 5.87. The molecular formula is C13H18ClNO. The van der Waals surface area contributed by atoms with Crippen molar-refractivity contribution in [2.75, 3.05) is 13.6 Å². The van der Waals surface area contributed by atoms with E-state index >= 15 is 0 Å². The quantitative estimate of drug-likeness (QED) is 0.740. The van der Waals surface area contributed by atoms with Crippen LogP contribution < -0.4 is 0 Å². The largest absolute Gasteiger partial charge is 0.344 e. The van der Waals surface area contributed by atoms with Gasteiger partial charge in [-0.15, -0.1) is 11.6 Å². The Balaban J connectivity index is 2.61. The zero-order chi connectivity index (χ0) is 12.1. The van der Waals surface area contributed by atoms with Crippen LogP contribution in [0.3, 0.4) is 0 Å². The first-order valence-electron chi connectivity index (χ1n) is 5.43. The Morgan fingerprint density at radius 1 is 1.44 bits per heavy atom. The standard InChI is InChI=1S/C13H18ClNO/c1-10-6-4-5-7-12(10)8-13(16)15(3)9-11(2)14/h4-7,11H,8-9H2,1-3H3. The molecule has 2 nitrogen and oxygen atoms in total. The van der Waals surface area contributed by atoms with Gasteiger partial charge in [0, 0.05) is 19.0 Å². The highest BCUT2D eigenvalue weighted by Gasteiger charge is 2.12. The van der Waals surface area contributed by atoms with Crippen LogP contribution in [0.2, 0.25) is 0 Å². The van der Waals surface area contributed by atoms with E-state index in [1.54, 1.807) is 11.9 Å². The molecule has 16 heavy (non-hydrogen) atoms. The second kappa shape index (κ2) is 5.90. The highest BCUT2D eigenvalue weighted by atomic mass is 35.5. The predicted molar refractivity (Wildman–Crippen MR) is 67.8 cm³/mol. The maximum Gasteiger partial charge on any atom is 0.226 e. The van der Waals surface area contributed by atoms with Crippen LogP contribution in [0.15, 0.2) is 24.3 Å². The van der Waals surface area contributed by atoms with Gasteiger partial charge >= 0.3 is 0 Å². The third kappa shape index (κ3) is 3.86. The molecule has 1 atom stereocenters. The molecule has 0 aliphatic rings. The van der Waals surface area contributed by atoms with Gasteiger partial charge in [0.25, 0.3) is 0 Å². The molecule has 0 N–H and O–H groups in total. The summed E-state index contributed by atoms with van der Waals surface area (Å²) in [4.78, 5) is 13.6. The van der Waals surface area contributed by atoms with Crippen LogP contribution in [-0.4, -0.2) is 29.8 Å². The summed E-state index contributed by atoms with van der Waals surface area (Å²) in [5.74, 6) is 0.113. The molecular weight excluding hydrogens is 222 g/mol. The van der Waals surface area contributed by atoms with Gasteiger partial charge in [-0.2, -0.15) is 0 Å². The molecule has 0 aromatic heterocycles. The van der Waals surface area contributed by atoms with Crippen LogP contribution in [0.5, 0.6) is 0 Å². The fourth-order valence-corrected chi connectivity index (χ4v) is 1.79. The Labute approximate surface area is 102 Å². The van der Waals surface area contributed by atoms with E-state index < -0.39 is 0 Å². The molecule has 0 heterocycles. The van der Waals surface area contributed by atoms with Crippen LogP contribution in [-0.2, 0) is 11.2 Å². The van der Waals surface area contributed by atoms with Gasteiger partial charge < -0.3 is 4.90 Å². The molecule has 0 saturated heterocycles. The first kappa shape index (κ1) is 13.0. The molecule has 1 amide bonds. The molecule has 0 fully saturated rings. The third-order valence-electron chi connectivity index (χ3n) is 2.55. The number of halogens is 1. The number of benzene rings is 1. The van der Waals surface area contributed by atoms with Crippen molar-refractivity contribution in [1.82, 2.24) is 4.90 Å². The van der Waals surface area contributed by atoms with Crippen molar-refractivity contribution in [2.45, 2.75) is 25.6 Å². The average molecular weight is 240 g/mol. The van der Waals surface area contributed by atoms with E-state index in [0.717, 1.165) is 11.1 Å². The number of alkyl halides is 1. The number of carbonyl (C=O) groups excluding carboxylic acids is 1. The van der Waals surface area contributed by atoms with Crippen LogP contribution in [0.1, 0.15) is 18.1 Å². The Kier molecular flexibility index (Phi) is 4.81. The average Bonchev–Trinajstić information content (AvgIpc) is 2.20. The number of carbonyl (C=O) groups is 1. The van der Waals surface area contributed by atoms with Crippen LogP contribution >= 0.6 is 11.6 Å². The van der Waals surface area contributed by atoms with Crippen molar-refractivity contribution in [3.8, 4) is 0 Å². The predicted octanol–water partition coefficient (Wildman–Crippen LogP) is 2.62. The molecule has 0 aliphatic heterocycles. The lowest BCUT2D eigenvalue weighted by molar-refractivity contribution is -0.129. The molecule has 0 saturated carbocycles. The van der Waals surface area contributed by atoms with E-state index in [-0.39, 0.29) is 11.3 Å². The molecule has 1 unspecified atom stereocenters. The summed E-state index contributed by atoms with van der Waals surface area (Å²) in [5.41, 5.74) is 2.24. The van der Waals surface area contributed by atoms with E-state index in [1.807, 2.05) is 38.1 Å². The zero-order valence-corrected chi connectivity index (χ0v) is 10.8. The van der Waals surface area contributed by atoms with E-state index in [0.29, 0.717) is 13.0 Å². The van der Waals surface area contributed by atoms with Gasteiger partial charge in [0.1, 0.15) is 0 Å². The SMILES string of the molecule is Cc1ccccc1CC(=O)N(C)CC(C)Cl. The van der Waals surface area contributed by atoms with Gasteiger partial charge in [-0.3, -0.25) is 4.79 Å². The molecule has 1 aromatic rings. The number of hydrogen-bond donors (Lipinski definition) is 0. The molecule has 0 bridgehead atoms. The van der Waals surface area contributed by atoms with Gasteiger partial charge in [0.05, 0.1) is 6.42 Å². The minimum absolute atomic E-state index is 0.00850. The summed E-state index contributed by atoms with van der Waals surface area (Å²) in [7, 11) is 1.79. The third-order valence-corrected chi connectivity index (χ3v) is 2.69. The molecule has 1 aromatic carbocycles. The lowest BCUT2D eigenvalue weighted by Gasteiger charge is -2.18. The summed E-state index contributed by atoms with van der Waals surface area (Å²) in [6, 6.07) is 7.95. The summed E-state index contributed by atoms with van der Waals surface area (Å²) in [6.45, 7) is 4.50. The number of aryl methyl sites for hydroxylation is 1. The summed E-state index contributed by atoms with van der Waals surface area (Å²) >= 11 is 5.86. The Hall–Kier alpha value is -1.02. The summed E-state index contributed by atoms with van der Waals surface area (Å²) in [5, 5.41) is -0.00850. The van der Waals surface area contributed by atoms with Crippen LogP contribution in [0.25, 0.3) is 0 Å². The van der Waals surface area contributed by atoms with Gasteiger partial charge in [0.2, 0.25) is 5.91 Å². The molecule has 1 rings (SSSR count). The number of hydrogen-bond acceptors (Lipinski definition) is 1. The second-order valence-corrected chi connectivity index (χ2v) is 4.90. The normalized spacial score (nSPS) is 12.2. The topological polar surface area (TPSA) is 20.3 Å². The smallest absolute Gasteiger partial charge is 0.226 e. The summed E-state index contributed by atoms with van der Waals surface area (Å²) < 4.78 is 0. The van der Waals surface area contributed by atoms with Crippen molar-refractivity contribution in [3.63, 3.8) is 0 Å². The Bertz CT molecular complexity index is 363. The molecule has 0 aliphatic carbocycles.